The lowest BCUT2D eigenvalue weighted by Crippen LogP contribution is -2.60. The molecule has 9 nitrogen and oxygen atoms in total. The first-order chi connectivity index (χ1) is 12.1. The first-order valence-electron chi connectivity index (χ1n) is 8.76. The molecular weight excluding hydrogens is 358 g/mol. The van der Waals surface area contributed by atoms with Crippen molar-refractivity contribution in [3.8, 4) is 0 Å². The highest BCUT2D eigenvalue weighted by atomic mass is 16.4. The van der Waals surface area contributed by atoms with Crippen LogP contribution in [0.2, 0.25) is 0 Å². The third-order valence-electron chi connectivity index (χ3n) is 5.95. The van der Waals surface area contributed by atoms with Gasteiger partial charge in [-0.25, -0.2) is 0 Å². The standard InChI is InChI=1S/C18H29NO8/c1-17(2)7-9(8-18(3,4)19(17)5)12(15(24)25)13(16(26)27)10(14(22)23)6-11(20)21/h9-10,12-13H,6-8H2,1-5H3,(H,20,21)(H,22,23)(H,24,25)(H,26,27). The van der Waals surface area contributed by atoms with Gasteiger partial charge in [-0.3, -0.25) is 24.1 Å². The number of piperidine rings is 1. The zero-order valence-corrected chi connectivity index (χ0v) is 16.3. The lowest BCUT2D eigenvalue weighted by Gasteiger charge is -2.55. The Morgan fingerprint density at radius 2 is 1.33 bits per heavy atom. The van der Waals surface area contributed by atoms with Crippen LogP contribution in [-0.4, -0.2) is 67.3 Å². The first-order valence-corrected chi connectivity index (χ1v) is 8.76. The maximum Gasteiger partial charge on any atom is 0.308 e. The van der Waals surface area contributed by atoms with Crippen LogP contribution in [0.1, 0.15) is 47.0 Å². The lowest BCUT2D eigenvalue weighted by molar-refractivity contribution is -0.169. The van der Waals surface area contributed by atoms with Crippen molar-refractivity contribution in [1.82, 2.24) is 4.90 Å². The van der Waals surface area contributed by atoms with Gasteiger partial charge in [-0.15, -0.1) is 0 Å². The fourth-order valence-electron chi connectivity index (χ4n) is 4.48. The Hall–Kier alpha value is -2.16. The molecule has 0 saturated carbocycles. The average Bonchev–Trinajstić information content (AvgIpc) is 2.46. The largest absolute Gasteiger partial charge is 0.481 e. The summed E-state index contributed by atoms with van der Waals surface area (Å²) in [6.45, 7) is 7.67. The summed E-state index contributed by atoms with van der Waals surface area (Å²) in [7, 11) is 1.91. The van der Waals surface area contributed by atoms with E-state index in [1.54, 1.807) is 0 Å². The van der Waals surface area contributed by atoms with Crippen LogP contribution in [0.4, 0.5) is 0 Å². The van der Waals surface area contributed by atoms with Crippen LogP contribution in [0, 0.1) is 23.7 Å². The Morgan fingerprint density at radius 1 is 0.889 bits per heavy atom. The van der Waals surface area contributed by atoms with E-state index in [9.17, 15) is 34.5 Å². The normalized spacial score (nSPS) is 23.1. The van der Waals surface area contributed by atoms with Crippen LogP contribution in [0.15, 0.2) is 0 Å². The van der Waals surface area contributed by atoms with Gasteiger partial charge in [0.05, 0.1) is 24.2 Å². The SMILES string of the molecule is CN1C(C)(C)CC(C(C(=O)O)C(C(=O)O)C(CC(=O)O)C(=O)O)CC1(C)C. The van der Waals surface area contributed by atoms with Gasteiger partial charge < -0.3 is 20.4 Å². The summed E-state index contributed by atoms with van der Waals surface area (Å²) in [5.74, 6) is -11.9. The van der Waals surface area contributed by atoms with Crippen molar-refractivity contribution in [3.63, 3.8) is 0 Å². The second-order valence-corrected chi connectivity index (χ2v) is 8.62. The van der Waals surface area contributed by atoms with Gasteiger partial charge in [-0.2, -0.15) is 0 Å². The molecule has 1 fully saturated rings. The van der Waals surface area contributed by atoms with E-state index >= 15 is 0 Å². The first kappa shape index (κ1) is 22.9. The van der Waals surface area contributed by atoms with Crippen molar-refractivity contribution < 1.29 is 39.6 Å². The third-order valence-corrected chi connectivity index (χ3v) is 5.95. The fraction of sp³-hybridized carbons (Fsp3) is 0.778. The van der Waals surface area contributed by atoms with Crippen LogP contribution in [0.3, 0.4) is 0 Å². The number of carboxylic acids is 4. The molecule has 0 spiro atoms. The van der Waals surface area contributed by atoms with Crippen molar-refractivity contribution in [2.24, 2.45) is 23.7 Å². The van der Waals surface area contributed by atoms with Crippen molar-refractivity contribution in [2.45, 2.75) is 58.0 Å². The van der Waals surface area contributed by atoms with Crippen LogP contribution in [0.25, 0.3) is 0 Å². The summed E-state index contributed by atoms with van der Waals surface area (Å²) in [4.78, 5) is 48.6. The monoisotopic (exact) mass is 387 g/mol. The summed E-state index contributed by atoms with van der Waals surface area (Å²) in [6, 6.07) is 0. The van der Waals surface area contributed by atoms with Gasteiger partial charge in [0.1, 0.15) is 0 Å². The summed E-state index contributed by atoms with van der Waals surface area (Å²) in [5, 5.41) is 37.8. The van der Waals surface area contributed by atoms with Gasteiger partial charge >= 0.3 is 23.9 Å². The van der Waals surface area contributed by atoms with E-state index in [0.29, 0.717) is 12.8 Å². The van der Waals surface area contributed by atoms with E-state index in [2.05, 4.69) is 4.90 Å². The molecule has 3 atom stereocenters. The van der Waals surface area contributed by atoms with Gasteiger partial charge in [0, 0.05) is 11.1 Å². The molecule has 0 aromatic rings. The average molecular weight is 387 g/mol. The molecule has 0 amide bonds. The number of nitrogens with zero attached hydrogens (tertiary/aromatic N) is 1. The van der Waals surface area contributed by atoms with Crippen LogP contribution < -0.4 is 0 Å². The quantitative estimate of drug-likeness (QED) is 0.485. The van der Waals surface area contributed by atoms with E-state index in [1.165, 1.54) is 0 Å². The molecule has 0 aromatic heterocycles. The highest BCUT2D eigenvalue weighted by molar-refractivity contribution is 5.87. The maximum absolute atomic E-state index is 12.0. The van der Waals surface area contributed by atoms with Crippen LogP contribution in [0.5, 0.6) is 0 Å². The number of carbonyl (C=O) groups is 4. The molecule has 4 N–H and O–H groups in total. The smallest absolute Gasteiger partial charge is 0.308 e. The van der Waals surface area contributed by atoms with Crippen molar-refractivity contribution in [3.05, 3.63) is 0 Å². The molecule has 0 bridgehead atoms. The van der Waals surface area contributed by atoms with Gasteiger partial charge in [-0.1, -0.05) is 0 Å². The second-order valence-electron chi connectivity index (χ2n) is 8.62. The fourth-order valence-corrected chi connectivity index (χ4v) is 4.48. The molecule has 0 aromatic carbocycles. The van der Waals surface area contributed by atoms with Gasteiger partial charge in [-0.05, 0) is 53.5 Å². The summed E-state index contributed by atoms with van der Waals surface area (Å²) in [6.07, 6.45) is -0.240. The summed E-state index contributed by atoms with van der Waals surface area (Å²) < 4.78 is 0. The number of hydrogen-bond donors (Lipinski definition) is 4. The summed E-state index contributed by atoms with van der Waals surface area (Å²) in [5.41, 5.74) is -0.872. The maximum atomic E-state index is 12.0. The number of hydrogen-bond acceptors (Lipinski definition) is 5. The van der Waals surface area contributed by atoms with Crippen molar-refractivity contribution in [1.29, 1.82) is 0 Å². The molecule has 27 heavy (non-hydrogen) atoms. The van der Waals surface area contributed by atoms with Crippen molar-refractivity contribution in [2.75, 3.05) is 7.05 Å². The number of aliphatic carboxylic acids is 4. The molecule has 9 heteroatoms. The number of likely N-dealkylation sites (tertiary alicyclic amines) is 1. The predicted molar refractivity (Wildman–Crippen MR) is 94.3 cm³/mol. The molecule has 1 saturated heterocycles. The molecule has 1 aliphatic rings. The molecule has 1 aliphatic heterocycles. The van der Waals surface area contributed by atoms with Crippen LogP contribution in [-0.2, 0) is 19.2 Å². The predicted octanol–water partition coefficient (Wildman–Crippen LogP) is 1.46. The molecule has 1 heterocycles. The minimum Gasteiger partial charge on any atom is -0.481 e. The van der Waals surface area contributed by atoms with E-state index in [0.717, 1.165) is 0 Å². The highest BCUT2D eigenvalue weighted by Crippen LogP contribution is 2.46. The van der Waals surface area contributed by atoms with E-state index < -0.39 is 65.0 Å². The molecule has 0 aliphatic carbocycles. The Morgan fingerprint density at radius 3 is 1.63 bits per heavy atom. The number of rotatable bonds is 8. The Kier molecular flexibility index (Phi) is 6.64. The third kappa shape index (κ3) is 4.97. The molecule has 1 rings (SSSR count). The Labute approximate surface area is 158 Å². The zero-order valence-electron chi connectivity index (χ0n) is 16.3. The van der Waals surface area contributed by atoms with E-state index in [-0.39, 0.29) is 0 Å². The highest BCUT2D eigenvalue weighted by Gasteiger charge is 2.52. The molecule has 3 unspecified atom stereocenters. The number of carboxylic acid groups (broad SMARTS) is 4. The molecule has 0 radical (unpaired) electrons. The minimum absolute atomic E-state index is 0.354. The second kappa shape index (κ2) is 7.84. The topological polar surface area (TPSA) is 152 Å². The van der Waals surface area contributed by atoms with Gasteiger partial charge in [0.15, 0.2) is 0 Å². The van der Waals surface area contributed by atoms with Crippen LogP contribution >= 0.6 is 0 Å². The van der Waals surface area contributed by atoms with Crippen molar-refractivity contribution >= 4 is 23.9 Å². The molecular formula is C18H29NO8. The Balaban J connectivity index is 3.42. The van der Waals surface area contributed by atoms with Gasteiger partial charge in [0.2, 0.25) is 0 Å². The van der Waals surface area contributed by atoms with E-state index in [1.807, 2.05) is 34.7 Å². The lowest BCUT2D eigenvalue weighted by atomic mass is 9.64. The van der Waals surface area contributed by atoms with Gasteiger partial charge in [0.25, 0.3) is 0 Å². The molecule has 154 valence electrons. The zero-order chi connectivity index (χ0) is 21.3. The Bertz CT molecular complexity index is 609. The summed E-state index contributed by atoms with van der Waals surface area (Å²) >= 11 is 0. The minimum atomic E-state index is -1.84. The van der Waals surface area contributed by atoms with E-state index in [4.69, 9.17) is 5.11 Å².